The smallest absolute Gasteiger partial charge is 0.189 e. The molecular weight excluding hydrogens is 322 g/mol. The number of ketones is 1. The van der Waals surface area contributed by atoms with Crippen molar-refractivity contribution in [1.82, 2.24) is 4.90 Å². The number of carbonyl (C=O) groups is 1. The molecular formula is C20H22ClNO2. The lowest BCUT2D eigenvalue weighted by molar-refractivity contribution is 0.104. The number of benzene rings is 2. The molecule has 0 aliphatic heterocycles. The summed E-state index contributed by atoms with van der Waals surface area (Å²) in [5, 5.41) is 0. The Morgan fingerprint density at radius 1 is 1.08 bits per heavy atom. The summed E-state index contributed by atoms with van der Waals surface area (Å²) in [5.41, 5.74) is 3.84. The van der Waals surface area contributed by atoms with Gasteiger partial charge in [0.15, 0.2) is 5.78 Å². The number of rotatable bonds is 5. The van der Waals surface area contributed by atoms with Gasteiger partial charge in [0.05, 0.1) is 0 Å². The molecule has 24 heavy (non-hydrogen) atoms. The largest absolute Gasteiger partial charge is 0.492 e. The number of hydrogen-bond acceptors (Lipinski definition) is 3. The minimum absolute atomic E-state index is 0. The first-order valence-electron chi connectivity index (χ1n) is 7.84. The van der Waals surface area contributed by atoms with Crippen molar-refractivity contribution < 1.29 is 9.53 Å². The Morgan fingerprint density at radius 3 is 2.46 bits per heavy atom. The van der Waals surface area contributed by atoms with Crippen molar-refractivity contribution in [3.63, 3.8) is 0 Å². The average Bonchev–Trinajstić information content (AvgIpc) is 2.85. The summed E-state index contributed by atoms with van der Waals surface area (Å²) in [7, 11) is 4.05. The molecule has 2 aromatic carbocycles. The van der Waals surface area contributed by atoms with E-state index in [1.165, 1.54) is 0 Å². The first-order valence-corrected chi connectivity index (χ1v) is 7.84. The molecule has 3 nitrogen and oxygen atoms in total. The van der Waals surface area contributed by atoms with Gasteiger partial charge in [-0.1, -0.05) is 36.4 Å². The fourth-order valence-corrected chi connectivity index (χ4v) is 2.68. The highest BCUT2D eigenvalue weighted by Gasteiger charge is 2.23. The van der Waals surface area contributed by atoms with Gasteiger partial charge in [0.25, 0.3) is 0 Å². The van der Waals surface area contributed by atoms with E-state index in [1.54, 1.807) is 0 Å². The fourth-order valence-electron chi connectivity index (χ4n) is 2.68. The molecule has 0 spiro atoms. The highest BCUT2D eigenvalue weighted by molar-refractivity contribution is 6.15. The van der Waals surface area contributed by atoms with Gasteiger partial charge < -0.3 is 9.64 Å². The summed E-state index contributed by atoms with van der Waals surface area (Å²) < 4.78 is 5.68. The van der Waals surface area contributed by atoms with Gasteiger partial charge in [-0.2, -0.15) is 0 Å². The summed E-state index contributed by atoms with van der Waals surface area (Å²) in [6.07, 6.45) is 2.70. The second kappa shape index (κ2) is 8.13. The summed E-state index contributed by atoms with van der Waals surface area (Å²) in [5.74, 6) is 1.00. The van der Waals surface area contributed by atoms with Crippen molar-refractivity contribution in [2.24, 2.45) is 0 Å². The molecule has 0 saturated carbocycles. The molecule has 2 aromatic rings. The van der Waals surface area contributed by atoms with Gasteiger partial charge in [-0.05, 0) is 43.4 Å². The Labute approximate surface area is 149 Å². The quantitative estimate of drug-likeness (QED) is 0.772. The summed E-state index contributed by atoms with van der Waals surface area (Å²) in [6.45, 7) is 1.56. The van der Waals surface area contributed by atoms with E-state index < -0.39 is 0 Å². The minimum atomic E-state index is 0. The Morgan fingerprint density at radius 2 is 1.79 bits per heavy atom. The maximum Gasteiger partial charge on any atom is 0.189 e. The molecule has 0 bridgehead atoms. The minimum Gasteiger partial charge on any atom is -0.492 e. The maximum atomic E-state index is 12.4. The lowest BCUT2D eigenvalue weighted by atomic mass is 10.1. The van der Waals surface area contributed by atoms with Gasteiger partial charge in [0.1, 0.15) is 12.4 Å². The standard InChI is InChI=1S/C20H21NO2.ClH/c1-21(2)11-12-23-18-9-7-15(8-10-18)13-17-14-16-5-3-4-6-19(16)20(17)22;/h3-10,13H,11-12,14H2,1-2H3;1H. The molecule has 0 heterocycles. The van der Waals surface area contributed by atoms with E-state index in [0.717, 1.165) is 41.0 Å². The summed E-state index contributed by atoms with van der Waals surface area (Å²) in [6, 6.07) is 15.7. The molecule has 1 aliphatic carbocycles. The number of ether oxygens (including phenoxy) is 1. The molecule has 3 rings (SSSR count). The van der Waals surface area contributed by atoms with E-state index in [2.05, 4.69) is 4.90 Å². The number of halogens is 1. The van der Waals surface area contributed by atoms with Gasteiger partial charge in [0.2, 0.25) is 0 Å². The SMILES string of the molecule is CN(C)CCOc1ccc(C=C2Cc3ccccc3C2=O)cc1.Cl. The van der Waals surface area contributed by atoms with Gasteiger partial charge in [-0.25, -0.2) is 0 Å². The predicted octanol–water partition coefficient (Wildman–Crippen LogP) is 3.87. The van der Waals surface area contributed by atoms with Crippen LogP contribution in [0, 0.1) is 0 Å². The van der Waals surface area contributed by atoms with Gasteiger partial charge in [0, 0.05) is 24.1 Å². The van der Waals surface area contributed by atoms with Crippen molar-refractivity contribution in [2.75, 3.05) is 27.2 Å². The van der Waals surface area contributed by atoms with E-state index in [-0.39, 0.29) is 18.2 Å². The number of nitrogens with zero attached hydrogens (tertiary/aromatic N) is 1. The number of allylic oxidation sites excluding steroid dienone is 1. The molecule has 0 atom stereocenters. The lowest BCUT2D eigenvalue weighted by Crippen LogP contribution is -2.19. The van der Waals surface area contributed by atoms with Crippen LogP contribution in [-0.4, -0.2) is 37.9 Å². The van der Waals surface area contributed by atoms with Crippen molar-refractivity contribution in [3.05, 3.63) is 70.8 Å². The third kappa shape index (κ3) is 4.25. The monoisotopic (exact) mass is 343 g/mol. The van der Waals surface area contributed by atoms with Crippen molar-refractivity contribution in [3.8, 4) is 5.75 Å². The van der Waals surface area contributed by atoms with Gasteiger partial charge >= 0.3 is 0 Å². The zero-order chi connectivity index (χ0) is 16.2. The van der Waals surface area contributed by atoms with Crippen LogP contribution in [-0.2, 0) is 6.42 Å². The highest BCUT2D eigenvalue weighted by Crippen LogP contribution is 2.27. The normalized spacial score (nSPS) is 14.6. The van der Waals surface area contributed by atoms with Crippen LogP contribution in [0.3, 0.4) is 0 Å². The first-order chi connectivity index (χ1) is 11.1. The highest BCUT2D eigenvalue weighted by atomic mass is 35.5. The van der Waals surface area contributed by atoms with E-state index >= 15 is 0 Å². The van der Waals surface area contributed by atoms with Crippen LogP contribution in [0.4, 0.5) is 0 Å². The Bertz CT molecular complexity index is 736. The van der Waals surface area contributed by atoms with Crippen LogP contribution < -0.4 is 4.74 Å². The van der Waals surface area contributed by atoms with Crippen LogP contribution in [0.5, 0.6) is 5.75 Å². The zero-order valence-electron chi connectivity index (χ0n) is 14.0. The number of likely N-dealkylation sites (N-methyl/N-ethyl adjacent to an activating group) is 1. The molecule has 0 radical (unpaired) electrons. The third-order valence-corrected chi connectivity index (χ3v) is 3.96. The van der Waals surface area contributed by atoms with Crippen LogP contribution in [0.1, 0.15) is 21.5 Å². The molecule has 0 saturated heterocycles. The van der Waals surface area contributed by atoms with Crippen molar-refractivity contribution in [2.45, 2.75) is 6.42 Å². The average molecular weight is 344 g/mol. The molecule has 0 amide bonds. The molecule has 0 fully saturated rings. The maximum absolute atomic E-state index is 12.4. The predicted molar refractivity (Wildman–Crippen MR) is 100 cm³/mol. The second-order valence-electron chi connectivity index (χ2n) is 6.05. The lowest BCUT2D eigenvalue weighted by Gasteiger charge is -2.11. The number of carbonyl (C=O) groups excluding carboxylic acids is 1. The second-order valence-corrected chi connectivity index (χ2v) is 6.05. The Hall–Kier alpha value is -2.10. The number of hydrogen-bond donors (Lipinski definition) is 0. The van der Waals surface area contributed by atoms with Crippen LogP contribution in [0.25, 0.3) is 6.08 Å². The third-order valence-electron chi connectivity index (χ3n) is 3.96. The number of Topliss-reactive ketones (excluding diaryl/α,β-unsaturated/α-hetero) is 1. The van der Waals surface area contributed by atoms with E-state index in [4.69, 9.17) is 4.74 Å². The van der Waals surface area contributed by atoms with Crippen molar-refractivity contribution >= 4 is 24.3 Å². The number of fused-ring (bicyclic) bond motifs is 1. The van der Waals surface area contributed by atoms with Crippen molar-refractivity contribution in [1.29, 1.82) is 0 Å². The Kier molecular flexibility index (Phi) is 6.18. The molecule has 0 unspecified atom stereocenters. The fraction of sp³-hybridized carbons (Fsp3) is 0.250. The molecule has 0 N–H and O–H groups in total. The van der Waals surface area contributed by atoms with Crippen LogP contribution in [0.15, 0.2) is 54.1 Å². The molecule has 0 aromatic heterocycles. The van der Waals surface area contributed by atoms with Gasteiger partial charge in [-0.15, -0.1) is 12.4 Å². The Balaban J connectivity index is 0.00000208. The van der Waals surface area contributed by atoms with E-state index in [1.807, 2.05) is 68.7 Å². The zero-order valence-corrected chi connectivity index (χ0v) is 14.8. The van der Waals surface area contributed by atoms with Crippen LogP contribution in [0.2, 0.25) is 0 Å². The molecule has 126 valence electrons. The van der Waals surface area contributed by atoms with Crippen LogP contribution >= 0.6 is 12.4 Å². The van der Waals surface area contributed by atoms with E-state index in [9.17, 15) is 4.79 Å². The first kappa shape index (κ1) is 18.2. The molecule has 1 aliphatic rings. The summed E-state index contributed by atoms with van der Waals surface area (Å²) >= 11 is 0. The summed E-state index contributed by atoms with van der Waals surface area (Å²) in [4.78, 5) is 14.5. The van der Waals surface area contributed by atoms with Gasteiger partial charge in [-0.3, -0.25) is 4.79 Å². The van der Waals surface area contributed by atoms with E-state index in [0.29, 0.717) is 6.61 Å². The molecule has 4 heteroatoms. The topological polar surface area (TPSA) is 29.5 Å².